The highest BCUT2D eigenvalue weighted by molar-refractivity contribution is 8.04. The number of carbonyl (C=O) groups is 1. The Morgan fingerprint density at radius 1 is 1.38 bits per heavy atom. The highest BCUT2D eigenvalue weighted by Crippen LogP contribution is 2.29. The molecular formula is C13H16O2S. The molecule has 0 radical (unpaired) electrons. The zero-order chi connectivity index (χ0) is 12.0. The lowest BCUT2D eigenvalue weighted by molar-refractivity contribution is -0.137. The lowest BCUT2D eigenvalue weighted by Crippen LogP contribution is -2.04. The number of ether oxygens (including phenoxy) is 1. The summed E-state index contributed by atoms with van der Waals surface area (Å²) in [6.07, 6.45) is 0.944. The normalized spacial score (nSPS) is 9.88. The zero-order valence-corrected chi connectivity index (χ0v) is 10.5. The molecule has 0 aliphatic heterocycles. The second-order valence-electron chi connectivity index (χ2n) is 3.21. The van der Waals surface area contributed by atoms with Crippen LogP contribution in [-0.2, 0) is 16.0 Å². The van der Waals surface area contributed by atoms with Gasteiger partial charge in [0, 0.05) is 4.90 Å². The van der Waals surface area contributed by atoms with E-state index < -0.39 is 0 Å². The summed E-state index contributed by atoms with van der Waals surface area (Å²) < 4.78 is 4.89. The van der Waals surface area contributed by atoms with E-state index in [1.807, 2.05) is 18.2 Å². The summed E-state index contributed by atoms with van der Waals surface area (Å²) >= 11 is 1.37. The molecule has 3 heteroatoms. The Bertz CT molecular complexity index is 385. The van der Waals surface area contributed by atoms with Crippen LogP contribution in [-0.4, -0.2) is 12.6 Å². The Balaban J connectivity index is 2.73. The second kappa shape index (κ2) is 6.38. The van der Waals surface area contributed by atoms with Crippen LogP contribution < -0.4 is 0 Å². The van der Waals surface area contributed by atoms with Crippen LogP contribution in [0.1, 0.15) is 19.4 Å². The van der Waals surface area contributed by atoms with Crippen LogP contribution >= 0.6 is 11.8 Å². The van der Waals surface area contributed by atoms with E-state index in [9.17, 15) is 4.79 Å². The van der Waals surface area contributed by atoms with Gasteiger partial charge in [-0.3, -0.25) is 0 Å². The predicted octanol–water partition coefficient (Wildman–Crippen LogP) is 3.42. The van der Waals surface area contributed by atoms with Crippen molar-refractivity contribution in [2.75, 3.05) is 6.61 Å². The average molecular weight is 236 g/mol. The molecule has 0 amide bonds. The molecule has 0 heterocycles. The molecule has 86 valence electrons. The molecule has 0 aliphatic carbocycles. The number of hydrogen-bond acceptors (Lipinski definition) is 3. The number of benzene rings is 1. The van der Waals surface area contributed by atoms with Gasteiger partial charge in [-0.2, -0.15) is 0 Å². The van der Waals surface area contributed by atoms with Crippen molar-refractivity contribution in [2.45, 2.75) is 25.2 Å². The standard InChI is InChI=1S/C13H16O2S/c1-4-11-8-6-7-9-12(11)16-10(3)13(14)15-5-2/h6-9H,3-5H2,1-2H3. The highest BCUT2D eigenvalue weighted by atomic mass is 32.2. The molecule has 2 nitrogen and oxygen atoms in total. The minimum Gasteiger partial charge on any atom is -0.462 e. The van der Waals surface area contributed by atoms with Gasteiger partial charge in [0.15, 0.2) is 0 Å². The summed E-state index contributed by atoms with van der Waals surface area (Å²) in [6.45, 7) is 7.99. The Labute approximate surface area is 101 Å². The molecule has 0 unspecified atom stereocenters. The van der Waals surface area contributed by atoms with Crippen LogP contribution in [0.4, 0.5) is 0 Å². The molecule has 0 aliphatic rings. The molecule has 0 spiro atoms. The monoisotopic (exact) mass is 236 g/mol. The van der Waals surface area contributed by atoms with E-state index >= 15 is 0 Å². The van der Waals surface area contributed by atoms with Gasteiger partial charge in [-0.1, -0.05) is 43.5 Å². The van der Waals surface area contributed by atoms with Crippen LogP contribution in [0, 0.1) is 0 Å². The molecular weight excluding hydrogens is 220 g/mol. The Morgan fingerprint density at radius 3 is 2.69 bits per heavy atom. The minimum absolute atomic E-state index is 0.335. The number of aryl methyl sites for hydroxylation is 1. The number of hydrogen-bond donors (Lipinski definition) is 0. The zero-order valence-electron chi connectivity index (χ0n) is 9.66. The number of carbonyl (C=O) groups excluding carboxylic acids is 1. The molecule has 1 rings (SSSR count). The van der Waals surface area contributed by atoms with E-state index in [4.69, 9.17) is 4.74 Å². The molecule has 0 aromatic heterocycles. The number of thioether (sulfide) groups is 1. The van der Waals surface area contributed by atoms with Crippen molar-refractivity contribution in [3.63, 3.8) is 0 Å². The Kier molecular flexibility index (Phi) is 5.12. The first-order valence-electron chi connectivity index (χ1n) is 5.30. The summed E-state index contributed by atoms with van der Waals surface area (Å²) in [4.78, 5) is 12.9. The van der Waals surface area contributed by atoms with Crippen LogP contribution in [0.25, 0.3) is 0 Å². The van der Waals surface area contributed by atoms with Crippen molar-refractivity contribution in [3.8, 4) is 0 Å². The quantitative estimate of drug-likeness (QED) is 0.445. The fourth-order valence-corrected chi connectivity index (χ4v) is 2.18. The Morgan fingerprint density at radius 2 is 2.06 bits per heavy atom. The van der Waals surface area contributed by atoms with Gasteiger partial charge in [0.05, 0.1) is 11.5 Å². The van der Waals surface area contributed by atoms with Crippen molar-refractivity contribution < 1.29 is 9.53 Å². The fraction of sp³-hybridized carbons (Fsp3) is 0.308. The maximum atomic E-state index is 11.4. The van der Waals surface area contributed by atoms with Gasteiger partial charge in [0.1, 0.15) is 0 Å². The predicted molar refractivity (Wildman–Crippen MR) is 67.5 cm³/mol. The average Bonchev–Trinajstić information content (AvgIpc) is 2.30. The summed E-state index contributed by atoms with van der Waals surface area (Å²) in [5, 5.41) is 0. The van der Waals surface area contributed by atoms with Crippen LogP contribution in [0.3, 0.4) is 0 Å². The Hall–Kier alpha value is -1.22. The topological polar surface area (TPSA) is 26.3 Å². The lowest BCUT2D eigenvalue weighted by atomic mass is 10.2. The molecule has 0 saturated carbocycles. The third-order valence-electron chi connectivity index (χ3n) is 2.09. The van der Waals surface area contributed by atoms with Crippen molar-refractivity contribution in [1.29, 1.82) is 0 Å². The molecule has 1 aromatic rings. The van der Waals surface area contributed by atoms with Crippen LogP contribution in [0.2, 0.25) is 0 Å². The third-order valence-corrected chi connectivity index (χ3v) is 3.12. The number of rotatable bonds is 5. The van der Waals surface area contributed by atoms with E-state index in [-0.39, 0.29) is 5.97 Å². The van der Waals surface area contributed by atoms with Gasteiger partial charge in [-0.05, 0) is 25.0 Å². The SMILES string of the molecule is C=C(Sc1ccccc1CC)C(=O)OCC. The smallest absolute Gasteiger partial charge is 0.344 e. The van der Waals surface area contributed by atoms with Crippen LogP contribution in [0.15, 0.2) is 40.6 Å². The van der Waals surface area contributed by atoms with E-state index in [1.165, 1.54) is 17.3 Å². The molecule has 0 N–H and O–H groups in total. The summed E-state index contributed by atoms with van der Waals surface area (Å²) in [6, 6.07) is 8.00. The maximum Gasteiger partial charge on any atom is 0.344 e. The molecule has 16 heavy (non-hydrogen) atoms. The van der Waals surface area contributed by atoms with E-state index in [1.54, 1.807) is 6.92 Å². The van der Waals surface area contributed by atoms with Crippen molar-refractivity contribution in [3.05, 3.63) is 41.3 Å². The third kappa shape index (κ3) is 3.42. The first kappa shape index (κ1) is 12.8. The van der Waals surface area contributed by atoms with Gasteiger partial charge in [-0.15, -0.1) is 0 Å². The van der Waals surface area contributed by atoms with Gasteiger partial charge in [0.25, 0.3) is 0 Å². The number of esters is 1. The van der Waals surface area contributed by atoms with Crippen molar-refractivity contribution in [1.82, 2.24) is 0 Å². The molecule has 0 bridgehead atoms. The van der Waals surface area contributed by atoms with Gasteiger partial charge < -0.3 is 4.74 Å². The van der Waals surface area contributed by atoms with Gasteiger partial charge in [-0.25, -0.2) is 4.79 Å². The fourth-order valence-electron chi connectivity index (χ4n) is 1.28. The van der Waals surface area contributed by atoms with E-state index in [0.29, 0.717) is 11.5 Å². The van der Waals surface area contributed by atoms with Gasteiger partial charge >= 0.3 is 5.97 Å². The van der Waals surface area contributed by atoms with Crippen molar-refractivity contribution in [2.24, 2.45) is 0 Å². The molecule has 0 saturated heterocycles. The van der Waals surface area contributed by atoms with Crippen LogP contribution in [0.5, 0.6) is 0 Å². The lowest BCUT2D eigenvalue weighted by Gasteiger charge is -2.08. The largest absolute Gasteiger partial charge is 0.462 e. The molecule has 1 aromatic carbocycles. The maximum absolute atomic E-state index is 11.4. The van der Waals surface area contributed by atoms with E-state index in [2.05, 4.69) is 19.6 Å². The first-order valence-corrected chi connectivity index (χ1v) is 6.12. The highest BCUT2D eigenvalue weighted by Gasteiger charge is 2.11. The minimum atomic E-state index is -0.335. The van der Waals surface area contributed by atoms with E-state index in [0.717, 1.165) is 11.3 Å². The van der Waals surface area contributed by atoms with Gasteiger partial charge in [0.2, 0.25) is 0 Å². The van der Waals surface area contributed by atoms with Crippen molar-refractivity contribution >= 4 is 17.7 Å². The summed E-state index contributed by atoms with van der Waals surface area (Å²) in [7, 11) is 0. The summed E-state index contributed by atoms with van der Waals surface area (Å²) in [5.41, 5.74) is 1.22. The second-order valence-corrected chi connectivity index (χ2v) is 4.34. The molecule has 0 atom stereocenters. The summed E-state index contributed by atoms with van der Waals surface area (Å²) in [5.74, 6) is -0.335. The first-order chi connectivity index (χ1) is 7.69. The molecule has 0 fully saturated rings.